The SMILES string of the molecule is N=C(N)N(CCNC(=O)Cc1ccccc1)C(=O)c1nc(Cl)c(N)nc1N. The first-order valence-electron chi connectivity index (χ1n) is 7.84. The quantitative estimate of drug-likeness (QED) is 0.340. The molecule has 0 spiro atoms. The molecular weight excluding hydrogens is 372 g/mol. The zero-order chi connectivity index (χ0) is 20.0. The van der Waals surface area contributed by atoms with Crippen LogP contribution < -0.4 is 22.5 Å². The number of hydrogen-bond acceptors (Lipinski definition) is 7. The summed E-state index contributed by atoms with van der Waals surface area (Å²) in [5.74, 6) is -1.89. The lowest BCUT2D eigenvalue weighted by molar-refractivity contribution is -0.120. The second kappa shape index (κ2) is 8.81. The highest BCUT2D eigenvalue weighted by atomic mass is 35.5. The van der Waals surface area contributed by atoms with Crippen molar-refractivity contribution in [3.8, 4) is 0 Å². The summed E-state index contributed by atoms with van der Waals surface area (Å²) in [6.07, 6.45) is 0.195. The molecule has 1 aromatic heterocycles. The zero-order valence-corrected chi connectivity index (χ0v) is 15.0. The molecule has 0 aliphatic rings. The Morgan fingerprint density at radius 2 is 1.81 bits per heavy atom. The maximum atomic E-state index is 12.5. The molecular formula is C16H19ClN8O2. The number of aromatic nitrogens is 2. The summed E-state index contributed by atoms with van der Waals surface area (Å²) < 4.78 is 0. The van der Waals surface area contributed by atoms with Gasteiger partial charge in [-0.3, -0.25) is 19.9 Å². The van der Waals surface area contributed by atoms with Gasteiger partial charge in [-0.15, -0.1) is 0 Å². The van der Waals surface area contributed by atoms with Crippen LogP contribution in [-0.4, -0.2) is 45.7 Å². The number of anilines is 2. The van der Waals surface area contributed by atoms with Gasteiger partial charge in [0.05, 0.1) is 6.42 Å². The number of nitrogens with one attached hydrogen (secondary N) is 2. The Morgan fingerprint density at radius 1 is 1.15 bits per heavy atom. The predicted molar refractivity (Wildman–Crippen MR) is 102 cm³/mol. The summed E-state index contributed by atoms with van der Waals surface area (Å²) in [7, 11) is 0. The molecule has 1 aromatic carbocycles. The maximum Gasteiger partial charge on any atom is 0.283 e. The number of carbonyl (C=O) groups is 2. The lowest BCUT2D eigenvalue weighted by atomic mass is 10.1. The molecule has 10 nitrogen and oxygen atoms in total. The maximum absolute atomic E-state index is 12.5. The van der Waals surface area contributed by atoms with Crippen LogP contribution in [-0.2, 0) is 11.2 Å². The lowest BCUT2D eigenvalue weighted by Gasteiger charge is -2.21. The van der Waals surface area contributed by atoms with Crippen molar-refractivity contribution in [2.45, 2.75) is 6.42 Å². The Bertz CT molecular complexity index is 859. The van der Waals surface area contributed by atoms with Gasteiger partial charge in [0.1, 0.15) is 0 Å². The number of carbonyl (C=O) groups excluding carboxylic acids is 2. The van der Waals surface area contributed by atoms with Crippen molar-refractivity contribution in [1.82, 2.24) is 20.2 Å². The van der Waals surface area contributed by atoms with E-state index in [1.54, 1.807) is 0 Å². The summed E-state index contributed by atoms with van der Waals surface area (Å²) >= 11 is 5.77. The summed E-state index contributed by atoms with van der Waals surface area (Å²) in [5, 5.41) is 10.1. The van der Waals surface area contributed by atoms with Crippen molar-refractivity contribution < 1.29 is 9.59 Å². The molecule has 27 heavy (non-hydrogen) atoms. The number of amides is 2. The average Bonchev–Trinajstić information content (AvgIpc) is 2.62. The van der Waals surface area contributed by atoms with Gasteiger partial charge in [-0.25, -0.2) is 9.97 Å². The summed E-state index contributed by atoms with van der Waals surface area (Å²) in [4.78, 5) is 32.9. The van der Waals surface area contributed by atoms with E-state index in [9.17, 15) is 9.59 Å². The topological polar surface area (TPSA) is 177 Å². The highest BCUT2D eigenvalue weighted by Crippen LogP contribution is 2.18. The number of nitrogens with zero attached hydrogens (tertiary/aromatic N) is 3. The van der Waals surface area contributed by atoms with Crippen LogP contribution in [0.25, 0.3) is 0 Å². The summed E-state index contributed by atoms with van der Waals surface area (Å²) in [6.45, 7) is 0.0187. The standard InChI is InChI=1S/C16H19ClN8O2/c17-12-14(19)24-13(18)11(23-12)15(27)25(16(20)21)7-6-22-10(26)8-9-4-2-1-3-5-9/h1-5H,6-8H2,(H3,20,21)(H,22,26)(H4,18,19,24). The van der Waals surface area contributed by atoms with Crippen LogP contribution in [0.15, 0.2) is 30.3 Å². The van der Waals surface area contributed by atoms with Crippen molar-refractivity contribution in [3.63, 3.8) is 0 Å². The van der Waals surface area contributed by atoms with E-state index in [0.717, 1.165) is 10.5 Å². The lowest BCUT2D eigenvalue weighted by Crippen LogP contribution is -2.46. The molecule has 2 rings (SSSR count). The fourth-order valence-corrected chi connectivity index (χ4v) is 2.34. The van der Waals surface area contributed by atoms with E-state index in [-0.39, 0.29) is 47.9 Å². The molecule has 0 aliphatic heterocycles. The molecule has 0 atom stereocenters. The van der Waals surface area contributed by atoms with Gasteiger partial charge in [0.15, 0.2) is 28.4 Å². The largest absolute Gasteiger partial charge is 0.382 e. The predicted octanol–water partition coefficient (Wildman–Crippen LogP) is -0.0110. The Morgan fingerprint density at radius 3 is 2.44 bits per heavy atom. The highest BCUT2D eigenvalue weighted by Gasteiger charge is 2.24. The Labute approximate surface area is 160 Å². The van der Waals surface area contributed by atoms with E-state index in [2.05, 4.69) is 15.3 Å². The molecule has 0 fully saturated rings. The third-order valence-corrected chi connectivity index (χ3v) is 3.79. The molecule has 0 unspecified atom stereocenters. The minimum Gasteiger partial charge on any atom is -0.382 e. The van der Waals surface area contributed by atoms with Gasteiger partial charge in [0.25, 0.3) is 5.91 Å². The van der Waals surface area contributed by atoms with Gasteiger partial charge in [-0.05, 0) is 5.56 Å². The minimum absolute atomic E-state index is 0.0577. The fraction of sp³-hybridized carbons (Fsp3) is 0.188. The third-order valence-electron chi connectivity index (χ3n) is 3.51. The monoisotopic (exact) mass is 390 g/mol. The molecule has 142 valence electrons. The number of rotatable bonds is 6. The molecule has 2 amide bonds. The first kappa shape index (κ1) is 19.9. The van der Waals surface area contributed by atoms with E-state index >= 15 is 0 Å². The minimum atomic E-state index is -0.772. The van der Waals surface area contributed by atoms with Gasteiger partial charge < -0.3 is 22.5 Å². The van der Waals surface area contributed by atoms with Crippen molar-refractivity contribution >= 4 is 41.0 Å². The van der Waals surface area contributed by atoms with Crippen LogP contribution >= 0.6 is 11.6 Å². The number of hydrogen-bond donors (Lipinski definition) is 5. The summed E-state index contributed by atoms with van der Waals surface area (Å²) in [6, 6.07) is 9.19. The van der Waals surface area contributed by atoms with Gasteiger partial charge in [-0.1, -0.05) is 41.9 Å². The van der Waals surface area contributed by atoms with Crippen LogP contribution in [0.1, 0.15) is 16.1 Å². The van der Waals surface area contributed by atoms with Gasteiger partial charge >= 0.3 is 0 Å². The normalized spacial score (nSPS) is 10.3. The van der Waals surface area contributed by atoms with E-state index in [0.29, 0.717) is 0 Å². The number of guanidine groups is 1. The molecule has 11 heteroatoms. The van der Waals surface area contributed by atoms with Crippen LogP contribution in [0.3, 0.4) is 0 Å². The first-order valence-corrected chi connectivity index (χ1v) is 8.22. The molecule has 1 heterocycles. The average molecular weight is 391 g/mol. The van der Waals surface area contributed by atoms with Crippen molar-refractivity contribution in [2.24, 2.45) is 5.73 Å². The molecule has 0 radical (unpaired) electrons. The van der Waals surface area contributed by atoms with E-state index in [4.69, 9.17) is 34.2 Å². The second-order valence-electron chi connectivity index (χ2n) is 5.49. The van der Waals surface area contributed by atoms with E-state index < -0.39 is 11.9 Å². The molecule has 0 saturated carbocycles. The smallest absolute Gasteiger partial charge is 0.283 e. The Balaban J connectivity index is 1.99. The van der Waals surface area contributed by atoms with Crippen LogP contribution in [0.4, 0.5) is 11.6 Å². The third kappa shape index (κ3) is 5.28. The molecule has 0 saturated heterocycles. The summed E-state index contributed by atoms with van der Waals surface area (Å²) in [5.41, 5.74) is 17.2. The number of halogens is 1. The Hall–Kier alpha value is -3.40. The van der Waals surface area contributed by atoms with Crippen molar-refractivity contribution in [1.29, 1.82) is 5.41 Å². The molecule has 0 bridgehead atoms. The van der Waals surface area contributed by atoms with Crippen LogP contribution in [0.5, 0.6) is 0 Å². The van der Waals surface area contributed by atoms with Crippen LogP contribution in [0, 0.1) is 5.41 Å². The molecule has 8 N–H and O–H groups in total. The van der Waals surface area contributed by atoms with Crippen LogP contribution in [0.2, 0.25) is 5.15 Å². The number of nitrogen functional groups attached to an aromatic ring is 2. The van der Waals surface area contributed by atoms with Gasteiger partial charge in [0.2, 0.25) is 5.91 Å². The first-order chi connectivity index (χ1) is 12.8. The Kier molecular flexibility index (Phi) is 6.50. The van der Waals surface area contributed by atoms with E-state index in [1.807, 2.05) is 30.3 Å². The molecule has 0 aliphatic carbocycles. The number of benzene rings is 1. The highest BCUT2D eigenvalue weighted by molar-refractivity contribution is 6.31. The van der Waals surface area contributed by atoms with Crippen molar-refractivity contribution in [2.75, 3.05) is 24.6 Å². The van der Waals surface area contributed by atoms with Crippen molar-refractivity contribution in [3.05, 3.63) is 46.7 Å². The molecule has 2 aromatic rings. The van der Waals surface area contributed by atoms with E-state index in [1.165, 1.54) is 0 Å². The van der Waals surface area contributed by atoms with Gasteiger partial charge in [-0.2, -0.15) is 0 Å². The zero-order valence-electron chi connectivity index (χ0n) is 14.3. The number of nitrogens with two attached hydrogens (primary N) is 3. The van der Waals surface area contributed by atoms with Gasteiger partial charge in [0, 0.05) is 13.1 Å². The fourth-order valence-electron chi connectivity index (χ4n) is 2.21. The second-order valence-corrected chi connectivity index (χ2v) is 5.85.